The number of imidazole rings is 1. The number of nitrogens with zero attached hydrogens (tertiary/aromatic N) is 2. The average Bonchev–Trinajstić information content (AvgIpc) is 3.50. The maximum atomic E-state index is 4.66. The van der Waals surface area contributed by atoms with Gasteiger partial charge in [0, 0.05) is 18.0 Å². The first-order chi connectivity index (χ1) is 17.9. The quantitative estimate of drug-likeness (QED) is 0.244. The van der Waals surface area contributed by atoms with Gasteiger partial charge in [0.25, 0.3) is 0 Å². The molecule has 37 heavy (non-hydrogen) atoms. The molecule has 0 spiro atoms. The van der Waals surface area contributed by atoms with Crippen LogP contribution in [0.15, 0.2) is 97.3 Å². The van der Waals surface area contributed by atoms with Crippen LogP contribution in [0.3, 0.4) is 0 Å². The van der Waals surface area contributed by atoms with Crippen LogP contribution in [0.25, 0.3) is 28.2 Å². The summed E-state index contributed by atoms with van der Waals surface area (Å²) in [7, 11) is 0. The smallest absolute Gasteiger partial charge is 0.144 e. The van der Waals surface area contributed by atoms with E-state index in [1.807, 2.05) is 12.3 Å². The number of benzene rings is 4. The van der Waals surface area contributed by atoms with Crippen LogP contribution in [0.1, 0.15) is 54.2 Å². The van der Waals surface area contributed by atoms with Crippen molar-refractivity contribution in [1.29, 1.82) is 0 Å². The van der Waals surface area contributed by atoms with Gasteiger partial charge in [0.1, 0.15) is 5.82 Å². The van der Waals surface area contributed by atoms with Crippen molar-refractivity contribution < 1.29 is 0 Å². The lowest BCUT2D eigenvalue weighted by Gasteiger charge is -2.17. The molecule has 1 aliphatic carbocycles. The van der Waals surface area contributed by atoms with Crippen molar-refractivity contribution >= 4 is 0 Å². The SMILES string of the molecule is CC(C)C.Cc1cc(Cc2cccc3c2Cc2ccccc2-3)cc(C)c1-n1ccnc1-c1ccccc1. The highest BCUT2D eigenvalue weighted by Gasteiger charge is 2.21. The summed E-state index contributed by atoms with van der Waals surface area (Å²) in [5.74, 6) is 1.81. The fourth-order valence-electron chi connectivity index (χ4n) is 5.42. The Balaban J connectivity index is 0.000000655. The summed E-state index contributed by atoms with van der Waals surface area (Å²) in [6.45, 7) is 10.9. The van der Waals surface area contributed by atoms with Gasteiger partial charge in [-0.05, 0) is 77.1 Å². The summed E-state index contributed by atoms with van der Waals surface area (Å²) in [5.41, 5.74) is 13.4. The number of rotatable bonds is 4. The fourth-order valence-corrected chi connectivity index (χ4v) is 5.42. The van der Waals surface area contributed by atoms with Crippen LogP contribution in [-0.2, 0) is 12.8 Å². The Morgan fingerprint density at radius 1 is 0.784 bits per heavy atom. The van der Waals surface area contributed by atoms with E-state index in [-0.39, 0.29) is 0 Å². The molecule has 5 aromatic rings. The van der Waals surface area contributed by atoms with Crippen LogP contribution in [0.2, 0.25) is 0 Å². The molecule has 0 saturated heterocycles. The Bertz CT molecular complexity index is 1500. The molecule has 186 valence electrons. The molecular weight excluding hydrogens is 448 g/mol. The van der Waals surface area contributed by atoms with Gasteiger partial charge in [-0.25, -0.2) is 4.98 Å². The van der Waals surface area contributed by atoms with Crippen LogP contribution < -0.4 is 0 Å². The van der Waals surface area contributed by atoms with E-state index >= 15 is 0 Å². The lowest BCUT2D eigenvalue weighted by Crippen LogP contribution is -2.04. The highest BCUT2D eigenvalue weighted by Crippen LogP contribution is 2.39. The third-order valence-corrected chi connectivity index (χ3v) is 6.81. The first kappa shape index (κ1) is 24.8. The number of aryl methyl sites for hydroxylation is 2. The second kappa shape index (κ2) is 10.6. The molecule has 2 nitrogen and oxygen atoms in total. The molecule has 0 amide bonds. The van der Waals surface area contributed by atoms with Gasteiger partial charge in [0.2, 0.25) is 0 Å². The van der Waals surface area contributed by atoms with E-state index in [4.69, 9.17) is 0 Å². The molecule has 6 rings (SSSR count). The minimum atomic E-state index is 0.833. The van der Waals surface area contributed by atoms with E-state index in [0.717, 1.165) is 30.1 Å². The predicted octanol–water partition coefficient (Wildman–Crippen LogP) is 8.98. The van der Waals surface area contributed by atoms with Crippen molar-refractivity contribution in [2.24, 2.45) is 5.92 Å². The lowest BCUT2D eigenvalue weighted by molar-refractivity contribution is 0.737. The van der Waals surface area contributed by atoms with Crippen molar-refractivity contribution in [2.75, 3.05) is 0 Å². The maximum absolute atomic E-state index is 4.66. The second-order valence-electron chi connectivity index (χ2n) is 10.8. The molecule has 0 bridgehead atoms. The summed E-state index contributed by atoms with van der Waals surface area (Å²) in [4.78, 5) is 4.66. The summed E-state index contributed by atoms with van der Waals surface area (Å²) in [5, 5.41) is 0. The Kier molecular flexibility index (Phi) is 7.10. The van der Waals surface area contributed by atoms with Crippen LogP contribution in [0, 0.1) is 19.8 Å². The van der Waals surface area contributed by atoms with E-state index in [2.05, 4.69) is 129 Å². The Hall–Kier alpha value is -3.91. The monoisotopic (exact) mass is 484 g/mol. The first-order valence-corrected chi connectivity index (χ1v) is 13.3. The zero-order valence-electron chi connectivity index (χ0n) is 22.6. The number of fused-ring (bicyclic) bond motifs is 3. The van der Waals surface area contributed by atoms with Crippen LogP contribution in [0.5, 0.6) is 0 Å². The normalized spacial score (nSPS) is 11.6. The van der Waals surface area contributed by atoms with E-state index in [1.165, 1.54) is 50.2 Å². The lowest BCUT2D eigenvalue weighted by atomic mass is 9.94. The van der Waals surface area contributed by atoms with Gasteiger partial charge >= 0.3 is 0 Å². The Morgan fingerprint density at radius 2 is 1.43 bits per heavy atom. The zero-order valence-corrected chi connectivity index (χ0v) is 22.6. The third kappa shape index (κ3) is 5.15. The molecule has 0 fully saturated rings. The molecule has 1 heterocycles. The van der Waals surface area contributed by atoms with E-state index in [0.29, 0.717) is 0 Å². The minimum absolute atomic E-state index is 0.833. The molecule has 2 heteroatoms. The van der Waals surface area contributed by atoms with Crippen molar-refractivity contribution in [3.63, 3.8) is 0 Å². The van der Waals surface area contributed by atoms with Gasteiger partial charge in [0.05, 0.1) is 5.69 Å². The number of aromatic nitrogens is 2. The maximum Gasteiger partial charge on any atom is 0.144 e. The summed E-state index contributed by atoms with van der Waals surface area (Å²) >= 11 is 0. The molecule has 1 aromatic heterocycles. The van der Waals surface area contributed by atoms with E-state index in [9.17, 15) is 0 Å². The van der Waals surface area contributed by atoms with Gasteiger partial charge in [-0.15, -0.1) is 0 Å². The third-order valence-electron chi connectivity index (χ3n) is 6.81. The molecule has 0 unspecified atom stereocenters. The van der Waals surface area contributed by atoms with Crippen LogP contribution in [0.4, 0.5) is 0 Å². The molecule has 0 saturated carbocycles. The minimum Gasteiger partial charge on any atom is -0.299 e. The average molecular weight is 485 g/mol. The highest BCUT2D eigenvalue weighted by molar-refractivity contribution is 5.78. The van der Waals surface area contributed by atoms with Gasteiger partial charge in [0.15, 0.2) is 0 Å². The number of hydrogen-bond donors (Lipinski definition) is 0. The molecule has 0 N–H and O–H groups in total. The van der Waals surface area contributed by atoms with E-state index in [1.54, 1.807) is 0 Å². The summed E-state index contributed by atoms with van der Waals surface area (Å²) < 4.78 is 2.22. The van der Waals surface area contributed by atoms with Gasteiger partial charge in [-0.2, -0.15) is 0 Å². The Labute approximate surface area is 221 Å². The largest absolute Gasteiger partial charge is 0.299 e. The molecule has 0 radical (unpaired) electrons. The standard InChI is InChI=1S/C31H26N2.C4H10/c1-21-17-23(19-25-12-8-14-28-27-13-7-6-11-26(27)20-29(25)28)18-22(2)30(21)33-16-15-32-31(33)24-9-4-3-5-10-24;1-4(2)3/h3-18H,19-20H2,1-2H3;4H,1-3H3. The van der Waals surface area contributed by atoms with Crippen molar-refractivity contribution in [3.8, 4) is 28.2 Å². The molecular formula is C35H36N2. The van der Waals surface area contributed by atoms with E-state index < -0.39 is 0 Å². The zero-order chi connectivity index (χ0) is 25.9. The van der Waals surface area contributed by atoms with Crippen LogP contribution >= 0.6 is 0 Å². The fraction of sp³-hybridized carbons (Fsp3) is 0.229. The summed E-state index contributed by atoms with van der Waals surface area (Å²) in [6, 6.07) is 30.7. The highest BCUT2D eigenvalue weighted by atomic mass is 15.1. The predicted molar refractivity (Wildman–Crippen MR) is 156 cm³/mol. The van der Waals surface area contributed by atoms with Gasteiger partial charge in [-0.3, -0.25) is 4.57 Å². The van der Waals surface area contributed by atoms with Crippen molar-refractivity contribution in [1.82, 2.24) is 9.55 Å². The first-order valence-electron chi connectivity index (χ1n) is 13.3. The summed E-state index contributed by atoms with van der Waals surface area (Å²) in [6.07, 6.45) is 5.94. The second-order valence-corrected chi connectivity index (χ2v) is 10.8. The molecule has 4 aromatic carbocycles. The van der Waals surface area contributed by atoms with Crippen molar-refractivity contribution in [2.45, 2.75) is 47.5 Å². The van der Waals surface area contributed by atoms with Gasteiger partial charge < -0.3 is 0 Å². The molecule has 1 aliphatic rings. The Morgan fingerprint density at radius 3 is 2.16 bits per heavy atom. The molecule has 0 aliphatic heterocycles. The van der Waals surface area contributed by atoms with Crippen LogP contribution in [-0.4, -0.2) is 9.55 Å². The van der Waals surface area contributed by atoms with Crippen molar-refractivity contribution in [3.05, 3.63) is 131 Å². The topological polar surface area (TPSA) is 17.8 Å². The van der Waals surface area contributed by atoms with Gasteiger partial charge in [-0.1, -0.05) is 106 Å². The molecule has 0 atom stereocenters. The number of hydrogen-bond acceptors (Lipinski definition) is 1.